The molecule has 0 unspecified atom stereocenters. The van der Waals surface area contributed by atoms with Crippen LogP contribution in [0, 0.1) is 0 Å². The minimum Gasteiger partial charge on any atom is -0.463 e. The molecule has 0 aromatic carbocycles. The van der Waals surface area contributed by atoms with Gasteiger partial charge in [0.1, 0.15) is 31.0 Å². The molecule has 1 aliphatic heterocycles. The van der Waals surface area contributed by atoms with Crippen LogP contribution >= 0.6 is 0 Å². The van der Waals surface area contributed by atoms with Gasteiger partial charge in [0.05, 0.1) is 0 Å². The predicted molar refractivity (Wildman–Crippen MR) is 73.2 cm³/mol. The lowest BCUT2D eigenvalue weighted by molar-refractivity contribution is -0.287. The normalized spacial score (nSPS) is 32.9. The molecule has 5 atom stereocenters. The second-order valence-electron chi connectivity index (χ2n) is 5.38. The lowest BCUT2D eigenvalue weighted by Crippen LogP contribution is -2.58. The third kappa shape index (κ3) is 5.88. The molecule has 0 aromatic rings. The molecule has 1 aliphatic rings. The Kier molecular flexibility index (Phi) is 8.13. The summed E-state index contributed by atoms with van der Waals surface area (Å²) in [5.74, 6) is -0.405. The molecular weight excluding hydrogens is 280 g/mol. The van der Waals surface area contributed by atoms with E-state index < -0.39 is 36.7 Å². The van der Waals surface area contributed by atoms with Crippen LogP contribution in [0.2, 0.25) is 0 Å². The van der Waals surface area contributed by atoms with Gasteiger partial charge in [0, 0.05) is 6.42 Å². The third-order valence-corrected chi connectivity index (χ3v) is 3.58. The quantitative estimate of drug-likeness (QED) is 0.359. The van der Waals surface area contributed by atoms with Crippen LogP contribution in [0.1, 0.15) is 45.4 Å². The summed E-state index contributed by atoms with van der Waals surface area (Å²) in [6.45, 7) is 1.85. The van der Waals surface area contributed by atoms with Crippen molar-refractivity contribution in [2.45, 2.75) is 76.2 Å². The number of rotatable bonds is 8. The van der Waals surface area contributed by atoms with E-state index in [4.69, 9.17) is 9.47 Å². The molecule has 4 N–H and O–H groups in total. The molecule has 0 aliphatic carbocycles. The number of carbonyl (C=O) groups is 1. The summed E-state index contributed by atoms with van der Waals surface area (Å²) in [6, 6.07) is 0. The van der Waals surface area contributed by atoms with E-state index in [1.165, 1.54) is 0 Å². The highest BCUT2D eigenvalue weighted by Gasteiger charge is 2.43. The van der Waals surface area contributed by atoms with Gasteiger partial charge in [-0.25, -0.2) is 0 Å². The van der Waals surface area contributed by atoms with E-state index in [2.05, 4.69) is 6.92 Å². The fourth-order valence-corrected chi connectivity index (χ4v) is 2.19. The molecule has 124 valence electrons. The summed E-state index contributed by atoms with van der Waals surface area (Å²) in [5.41, 5.74) is 0. The first-order valence-corrected chi connectivity index (χ1v) is 7.50. The molecule has 1 heterocycles. The minimum atomic E-state index is -1.61. The second kappa shape index (κ2) is 9.32. The van der Waals surface area contributed by atoms with E-state index in [1.54, 1.807) is 0 Å². The topological polar surface area (TPSA) is 116 Å². The lowest BCUT2D eigenvalue weighted by atomic mass is 9.99. The van der Waals surface area contributed by atoms with Crippen molar-refractivity contribution in [1.29, 1.82) is 0 Å². The Labute approximate surface area is 124 Å². The minimum absolute atomic E-state index is 0.268. The van der Waals surface area contributed by atoms with Crippen LogP contribution in [0.4, 0.5) is 0 Å². The molecule has 0 radical (unpaired) electrons. The fraction of sp³-hybridized carbons (Fsp3) is 0.929. The number of unbranched alkanes of at least 4 members (excludes halogenated alkanes) is 4. The number of ether oxygens (including phenoxy) is 2. The lowest BCUT2D eigenvalue weighted by Gasteiger charge is -2.37. The molecular formula is C14H26O7. The second-order valence-corrected chi connectivity index (χ2v) is 5.38. The Balaban J connectivity index is 2.23. The highest BCUT2D eigenvalue weighted by molar-refractivity contribution is 5.69. The van der Waals surface area contributed by atoms with Crippen molar-refractivity contribution in [3.05, 3.63) is 0 Å². The van der Waals surface area contributed by atoms with Crippen molar-refractivity contribution in [2.75, 3.05) is 6.61 Å². The Morgan fingerprint density at radius 2 is 1.67 bits per heavy atom. The van der Waals surface area contributed by atoms with Crippen LogP contribution < -0.4 is 0 Å². The summed E-state index contributed by atoms with van der Waals surface area (Å²) < 4.78 is 9.87. The maximum atomic E-state index is 11.5. The highest BCUT2D eigenvalue weighted by atomic mass is 16.6. The standard InChI is InChI=1S/C14H26O7/c1-2-3-4-5-6-7-10(15)20-8-9-11(16)12(17)13(18)14(19)21-9/h9,11-14,16-19H,2-8H2,1H3/t9-,11-,12+,13-,14+/m1/s1. The van der Waals surface area contributed by atoms with Crippen molar-refractivity contribution in [2.24, 2.45) is 0 Å². The maximum Gasteiger partial charge on any atom is 0.305 e. The van der Waals surface area contributed by atoms with Crippen LogP contribution in [0.3, 0.4) is 0 Å². The SMILES string of the molecule is CCCCCCCC(=O)OC[C@H]1O[C@H](O)[C@H](O)[C@@H](O)[C@@H]1O. The molecule has 0 aromatic heterocycles. The van der Waals surface area contributed by atoms with Crippen LogP contribution in [-0.2, 0) is 14.3 Å². The Morgan fingerprint density at radius 1 is 1.00 bits per heavy atom. The summed E-state index contributed by atoms with van der Waals surface area (Å²) in [7, 11) is 0. The van der Waals surface area contributed by atoms with Gasteiger partial charge in [0.25, 0.3) is 0 Å². The van der Waals surface area contributed by atoms with E-state index in [-0.39, 0.29) is 6.61 Å². The maximum absolute atomic E-state index is 11.5. The van der Waals surface area contributed by atoms with Gasteiger partial charge < -0.3 is 29.9 Å². The summed E-state index contributed by atoms with van der Waals surface area (Å²) in [4.78, 5) is 11.5. The van der Waals surface area contributed by atoms with Gasteiger partial charge in [0.15, 0.2) is 6.29 Å². The average molecular weight is 306 g/mol. The zero-order valence-electron chi connectivity index (χ0n) is 12.4. The van der Waals surface area contributed by atoms with Gasteiger partial charge in [0.2, 0.25) is 0 Å². The highest BCUT2D eigenvalue weighted by Crippen LogP contribution is 2.20. The van der Waals surface area contributed by atoms with E-state index in [0.717, 1.165) is 32.1 Å². The average Bonchev–Trinajstić information content (AvgIpc) is 2.47. The molecule has 0 amide bonds. The largest absolute Gasteiger partial charge is 0.463 e. The number of aliphatic hydroxyl groups excluding tert-OH is 4. The van der Waals surface area contributed by atoms with Crippen molar-refractivity contribution >= 4 is 5.97 Å². The molecule has 0 spiro atoms. The molecule has 0 bridgehead atoms. The monoisotopic (exact) mass is 306 g/mol. The molecule has 0 saturated carbocycles. The number of hydrogen-bond acceptors (Lipinski definition) is 7. The zero-order valence-corrected chi connectivity index (χ0v) is 12.4. The van der Waals surface area contributed by atoms with Gasteiger partial charge in [-0.3, -0.25) is 4.79 Å². The Morgan fingerprint density at radius 3 is 2.33 bits per heavy atom. The predicted octanol–water partition coefficient (Wildman–Crippen LogP) is -0.310. The van der Waals surface area contributed by atoms with Crippen LogP contribution in [0.15, 0.2) is 0 Å². The molecule has 7 nitrogen and oxygen atoms in total. The summed E-state index contributed by atoms with van der Waals surface area (Å²) in [6.07, 6.45) is -1.81. The first-order valence-electron chi connectivity index (χ1n) is 7.50. The Hall–Kier alpha value is -0.730. The molecule has 1 saturated heterocycles. The van der Waals surface area contributed by atoms with Gasteiger partial charge in [-0.15, -0.1) is 0 Å². The summed E-state index contributed by atoms with van der Waals surface area (Å²) >= 11 is 0. The van der Waals surface area contributed by atoms with Crippen molar-refractivity contribution in [1.82, 2.24) is 0 Å². The van der Waals surface area contributed by atoms with Crippen molar-refractivity contribution < 1.29 is 34.7 Å². The van der Waals surface area contributed by atoms with Gasteiger partial charge in [-0.2, -0.15) is 0 Å². The van der Waals surface area contributed by atoms with Crippen molar-refractivity contribution in [3.63, 3.8) is 0 Å². The third-order valence-electron chi connectivity index (χ3n) is 3.58. The van der Waals surface area contributed by atoms with Gasteiger partial charge in [-0.1, -0.05) is 32.6 Å². The number of hydrogen-bond donors (Lipinski definition) is 4. The van der Waals surface area contributed by atoms with E-state index >= 15 is 0 Å². The fourth-order valence-electron chi connectivity index (χ4n) is 2.19. The van der Waals surface area contributed by atoms with Gasteiger partial charge in [-0.05, 0) is 6.42 Å². The van der Waals surface area contributed by atoms with E-state index in [0.29, 0.717) is 6.42 Å². The first-order chi connectivity index (χ1) is 9.97. The molecule has 1 rings (SSSR count). The van der Waals surface area contributed by atoms with Gasteiger partial charge >= 0.3 is 5.97 Å². The van der Waals surface area contributed by atoms with E-state index in [1.807, 2.05) is 0 Å². The molecule has 1 fully saturated rings. The zero-order chi connectivity index (χ0) is 15.8. The van der Waals surface area contributed by atoms with Crippen LogP contribution in [0.5, 0.6) is 0 Å². The van der Waals surface area contributed by atoms with Crippen LogP contribution in [-0.4, -0.2) is 63.7 Å². The molecule has 21 heavy (non-hydrogen) atoms. The first kappa shape index (κ1) is 18.3. The van der Waals surface area contributed by atoms with Crippen LogP contribution in [0.25, 0.3) is 0 Å². The number of esters is 1. The number of carbonyl (C=O) groups excluding carboxylic acids is 1. The molecule has 7 heteroatoms. The number of aliphatic hydroxyl groups is 4. The van der Waals surface area contributed by atoms with Crippen molar-refractivity contribution in [3.8, 4) is 0 Å². The Bertz CT molecular complexity index is 310. The smallest absolute Gasteiger partial charge is 0.305 e. The summed E-state index contributed by atoms with van der Waals surface area (Å²) in [5, 5.41) is 37.8. The van der Waals surface area contributed by atoms with E-state index in [9.17, 15) is 25.2 Å².